The molecule has 0 bridgehead atoms. The first-order valence-corrected chi connectivity index (χ1v) is 24.9. The summed E-state index contributed by atoms with van der Waals surface area (Å²) in [5.74, 6) is 1.81. The Morgan fingerprint density at radius 2 is 1.30 bits per heavy atom. The van der Waals surface area contributed by atoms with Gasteiger partial charge in [0, 0.05) is 12.8 Å². The second-order valence-corrected chi connectivity index (χ2v) is 21.6. The number of carbonyl (C=O) groups excluding carboxylic acids is 2. The Bertz CT molecular complexity index is 1960. The van der Waals surface area contributed by atoms with E-state index in [2.05, 4.69) is 34.6 Å². The van der Waals surface area contributed by atoms with Crippen LogP contribution in [0.2, 0.25) is 10.0 Å². The maximum Gasteiger partial charge on any atom is 1.00 e. The average Bonchev–Trinajstić information content (AvgIpc) is 3.58. The molecule has 4 fully saturated rings. The Kier molecular flexibility index (Phi) is 18.6. The zero-order valence-corrected chi connectivity index (χ0v) is 43.3. The molecule has 8 nitrogen and oxygen atoms in total. The van der Waals surface area contributed by atoms with Crippen molar-refractivity contribution in [3.8, 4) is 11.5 Å². The summed E-state index contributed by atoms with van der Waals surface area (Å²) in [6.07, 6.45) is 20.7. The molecule has 0 aromatic heterocycles. The Morgan fingerprint density at radius 3 is 1.83 bits per heavy atom. The van der Waals surface area contributed by atoms with Crippen molar-refractivity contribution in [2.75, 3.05) is 0 Å². The Morgan fingerprint density at radius 1 is 0.750 bits per heavy atom. The smallest absolute Gasteiger partial charge is 0.478 e. The quantitative estimate of drug-likeness (QED) is 0.0859. The topological polar surface area (TPSA) is 127 Å². The summed E-state index contributed by atoms with van der Waals surface area (Å²) in [6.45, 7) is 16.2. The van der Waals surface area contributed by atoms with Crippen molar-refractivity contribution in [2.24, 2.45) is 58.2 Å². The molecule has 2 aromatic carbocycles. The molecular weight excluding hydrogens is 858 g/mol. The van der Waals surface area contributed by atoms with Gasteiger partial charge in [-0.25, -0.2) is 9.59 Å². The van der Waals surface area contributed by atoms with Crippen molar-refractivity contribution < 1.29 is 68.4 Å². The Balaban J connectivity index is 0.00000771. The molecular formula is C53H72Cl2NaO8+. The molecule has 4 aliphatic rings. The predicted molar refractivity (Wildman–Crippen MR) is 251 cm³/mol. The molecule has 0 aliphatic heterocycles. The van der Waals surface area contributed by atoms with Crippen molar-refractivity contribution >= 4 is 52.7 Å². The number of hydrogen-bond donors (Lipinski definition) is 2. The molecule has 0 amide bonds. The molecule has 4 saturated carbocycles. The summed E-state index contributed by atoms with van der Waals surface area (Å²) in [6, 6.07) is 5.88. The van der Waals surface area contributed by atoms with Crippen LogP contribution in [0.1, 0.15) is 196 Å². The van der Waals surface area contributed by atoms with Crippen LogP contribution < -0.4 is 39.0 Å². The number of halogens is 2. The molecule has 0 spiro atoms. The summed E-state index contributed by atoms with van der Waals surface area (Å²) in [4.78, 5) is 50.2. The van der Waals surface area contributed by atoms with Gasteiger partial charge in [0.1, 0.15) is 11.1 Å². The van der Waals surface area contributed by atoms with Crippen LogP contribution in [-0.4, -0.2) is 34.1 Å². The second kappa shape index (κ2) is 22.6. The van der Waals surface area contributed by atoms with Crippen LogP contribution in [0.3, 0.4) is 0 Å². The van der Waals surface area contributed by atoms with Crippen molar-refractivity contribution in [2.45, 2.75) is 164 Å². The summed E-state index contributed by atoms with van der Waals surface area (Å²) >= 11 is 13.4. The molecule has 4 aliphatic carbocycles. The van der Waals surface area contributed by atoms with Crippen LogP contribution in [0, 0.1) is 58.2 Å². The minimum absolute atomic E-state index is 0. The number of rotatable bonds is 18. The van der Waals surface area contributed by atoms with E-state index in [1.165, 1.54) is 94.9 Å². The standard InChI is InChI=1S/C53H72Cl2O8.Na/c1-8-12-46(56)62-48-39(50(58)59)27-34(29-44(48)54)37(35-28-40(51(60)61)49(45(55)30-35)63-47(57)13-9-2)17-11-16-33-22-24-52(6)36(26-33)18-19-38-42-21-20-41(32(5)15-10-14-31(3)4)53(42,7)25-23-43(38)52;/h17,27-33,36,38,41-43H,8-16,18-26H2,1-7H3,(H,58,59)(H,60,61);/q;+1/t32-,33+,36+,38+,41-,42+,43+,52+,53-;/m1./s1. The fraction of sp³-hybridized carbons (Fsp3) is 0.660. The summed E-state index contributed by atoms with van der Waals surface area (Å²) in [5.41, 5.74) is 1.57. The first-order valence-electron chi connectivity index (χ1n) is 24.2. The normalized spacial score (nSPS) is 27.6. The number of esters is 2. The molecule has 0 heterocycles. The van der Waals surface area contributed by atoms with E-state index in [0.717, 1.165) is 48.3 Å². The van der Waals surface area contributed by atoms with E-state index in [4.69, 9.17) is 32.7 Å². The van der Waals surface area contributed by atoms with E-state index in [1.54, 1.807) is 0 Å². The minimum Gasteiger partial charge on any atom is -0.478 e. The number of carboxylic acids is 2. The van der Waals surface area contributed by atoms with Crippen LogP contribution in [0.25, 0.3) is 5.57 Å². The van der Waals surface area contributed by atoms with Gasteiger partial charge in [-0.3, -0.25) is 9.59 Å². The third-order valence-corrected chi connectivity index (χ3v) is 17.0. The van der Waals surface area contributed by atoms with Crippen LogP contribution >= 0.6 is 23.2 Å². The molecule has 9 atom stereocenters. The number of allylic oxidation sites excluding steroid dienone is 1. The monoisotopic (exact) mass is 929 g/mol. The van der Waals surface area contributed by atoms with Gasteiger partial charge in [-0.1, -0.05) is 97.0 Å². The first-order chi connectivity index (χ1) is 29.9. The Labute approximate surface area is 414 Å². The maximum atomic E-state index is 12.6. The van der Waals surface area contributed by atoms with Gasteiger partial charge in [0.2, 0.25) is 0 Å². The fourth-order valence-electron chi connectivity index (χ4n) is 13.3. The van der Waals surface area contributed by atoms with Crippen LogP contribution in [0.4, 0.5) is 0 Å². The largest absolute Gasteiger partial charge is 1.00 e. The Hall–Kier alpha value is -2.36. The minimum atomic E-state index is -1.33. The van der Waals surface area contributed by atoms with E-state index in [1.807, 2.05) is 19.9 Å². The number of aromatic carboxylic acids is 2. The zero-order valence-electron chi connectivity index (χ0n) is 39.8. The van der Waals surface area contributed by atoms with Crippen molar-refractivity contribution in [3.05, 3.63) is 62.6 Å². The SMILES string of the molecule is CCCC(=O)Oc1c(Cl)cc(C(=CCC[C@H]2CC[C@@]3(C)[C@@H](CC[C@@H]4[C@@H]3CC[C@]3(C)[C@@H]([C@H](C)CCCC(C)C)CC[C@@H]43)C2)c2cc(Cl)c(OC(=O)CCC)c(C(=O)O)c2)cc1C(=O)O.[Na+]. The molecule has 0 unspecified atom stereocenters. The van der Waals surface area contributed by atoms with Gasteiger partial charge in [0.25, 0.3) is 0 Å². The van der Waals surface area contributed by atoms with Crippen LogP contribution in [0.15, 0.2) is 30.3 Å². The third kappa shape index (κ3) is 11.5. The second-order valence-electron chi connectivity index (χ2n) is 20.8. The number of ether oxygens (including phenoxy) is 2. The molecule has 0 radical (unpaired) electrons. The summed E-state index contributed by atoms with van der Waals surface area (Å²) in [7, 11) is 0. The zero-order chi connectivity index (χ0) is 45.8. The molecule has 6 rings (SSSR count). The molecule has 2 N–H and O–H groups in total. The van der Waals surface area contributed by atoms with Gasteiger partial charge >= 0.3 is 53.4 Å². The van der Waals surface area contributed by atoms with Gasteiger partial charge in [-0.05, 0) is 183 Å². The molecule has 346 valence electrons. The van der Waals surface area contributed by atoms with Crippen molar-refractivity contribution in [1.29, 1.82) is 0 Å². The summed E-state index contributed by atoms with van der Waals surface area (Å²) in [5, 5.41) is 20.4. The van der Waals surface area contributed by atoms with Crippen molar-refractivity contribution in [1.82, 2.24) is 0 Å². The van der Waals surface area contributed by atoms with E-state index >= 15 is 0 Å². The average molecular weight is 931 g/mol. The fourth-order valence-corrected chi connectivity index (χ4v) is 13.8. The van der Waals surface area contributed by atoms with Crippen molar-refractivity contribution in [3.63, 3.8) is 0 Å². The summed E-state index contributed by atoms with van der Waals surface area (Å²) < 4.78 is 10.9. The van der Waals surface area contributed by atoms with Gasteiger partial charge in [-0.2, -0.15) is 0 Å². The van der Waals surface area contributed by atoms with E-state index in [-0.39, 0.29) is 75.1 Å². The van der Waals surface area contributed by atoms with Gasteiger partial charge in [-0.15, -0.1) is 0 Å². The van der Waals surface area contributed by atoms with E-state index in [0.29, 0.717) is 58.6 Å². The third-order valence-electron chi connectivity index (χ3n) is 16.4. The van der Waals surface area contributed by atoms with E-state index in [9.17, 15) is 29.4 Å². The number of fused-ring (bicyclic) bond motifs is 5. The van der Waals surface area contributed by atoms with Crippen LogP contribution in [-0.2, 0) is 9.59 Å². The molecule has 2 aromatic rings. The molecule has 11 heteroatoms. The van der Waals surface area contributed by atoms with Gasteiger partial charge in [0.05, 0.1) is 10.0 Å². The van der Waals surface area contributed by atoms with Crippen LogP contribution in [0.5, 0.6) is 11.5 Å². The molecule has 64 heavy (non-hydrogen) atoms. The molecule has 0 saturated heterocycles. The predicted octanol–water partition coefficient (Wildman–Crippen LogP) is 11.8. The van der Waals surface area contributed by atoms with E-state index < -0.39 is 23.9 Å². The number of hydrogen-bond acceptors (Lipinski definition) is 6. The number of carboxylic acid groups (broad SMARTS) is 2. The number of benzene rings is 2. The van der Waals surface area contributed by atoms with Gasteiger partial charge < -0.3 is 19.7 Å². The maximum absolute atomic E-state index is 12.6. The first kappa shape index (κ1) is 52.6. The van der Waals surface area contributed by atoms with Gasteiger partial charge in [0.15, 0.2) is 11.5 Å². The number of carbonyl (C=O) groups is 4.